The van der Waals surface area contributed by atoms with Crippen LogP contribution in [0.1, 0.15) is 26.7 Å². The van der Waals surface area contributed by atoms with Crippen LogP contribution in [0.25, 0.3) is 0 Å². The van der Waals surface area contributed by atoms with Gasteiger partial charge < -0.3 is 4.74 Å². The second-order valence-corrected chi connectivity index (χ2v) is 2.52. The van der Waals surface area contributed by atoms with Gasteiger partial charge in [-0.1, -0.05) is 20.4 Å². The first-order valence-electron chi connectivity index (χ1n) is 3.78. The Morgan fingerprint density at radius 3 is 2.27 bits per heavy atom. The zero-order chi connectivity index (χ0) is 8.91. The molecule has 0 N–H and O–H groups in total. The molecule has 0 saturated carbocycles. The molecule has 0 fully saturated rings. The molecule has 0 bridgehead atoms. The average Bonchev–Trinajstić information content (AvgIpc) is 2.04. The molecule has 0 saturated heterocycles. The highest BCUT2D eigenvalue weighted by atomic mass is 16.6. The Labute approximate surface area is 68.2 Å². The molecule has 0 aliphatic heterocycles. The fourth-order valence-electron chi connectivity index (χ4n) is 0.649. The third-order valence-electron chi connectivity index (χ3n) is 1.77. The number of rotatable bonds is 4. The highest BCUT2D eigenvalue weighted by Crippen LogP contribution is 2.18. The van der Waals surface area contributed by atoms with Gasteiger partial charge in [0.25, 0.3) is 0 Å². The van der Waals surface area contributed by atoms with Gasteiger partial charge in [0.2, 0.25) is 0 Å². The van der Waals surface area contributed by atoms with E-state index in [4.69, 9.17) is 4.74 Å². The van der Waals surface area contributed by atoms with Crippen LogP contribution >= 0.6 is 0 Å². The Balaban J connectivity index is 4.06. The van der Waals surface area contributed by atoms with E-state index in [1.54, 1.807) is 0 Å². The quantitative estimate of drug-likeness (QED) is 0.459. The van der Waals surface area contributed by atoms with Gasteiger partial charge in [-0.05, 0) is 19.8 Å². The van der Waals surface area contributed by atoms with E-state index in [2.05, 4.69) is 13.5 Å². The molecule has 0 spiro atoms. The van der Waals surface area contributed by atoms with E-state index in [1.165, 1.54) is 0 Å². The summed E-state index contributed by atoms with van der Waals surface area (Å²) < 4.78 is 5.02. The largest absolute Gasteiger partial charge is 0.456 e. The van der Waals surface area contributed by atoms with Gasteiger partial charge >= 0.3 is 5.97 Å². The van der Waals surface area contributed by atoms with Crippen molar-refractivity contribution in [2.75, 3.05) is 0 Å². The maximum Gasteiger partial charge on any atom is 0.330 e. The minimum absolute atomic E-state index is 0.399. The van der Waals surface area contributed by atoms with Crippen LogP contribution in [0, 0.1) is 6.92 Å². The molecule has 0 unspecified atom stereocenters. The summed E-state index contributed by atoms with van der Waals surface area (Å²) in [5.41, 5.74) is -0.564. The molecule has 0 aliphatic rings. The third-order valence-corrected chi connectivity index (χ3v) is 1.77. The van der Waals surface area contributed by atoms with E-state index in [0.29, 0.717) is 0 Å². The molecule has 11 heavy (non-hydrogen) atoms. The van der Waals surface area contributed by atoms with Gasteiger partial charge in [-0.3, -0.25) is 0 Å². The summed E-state index contributed by atoms with van der Waals surface area (Å²) in [5, 5.41) is 0. The first kappa shape index (κ1) is 10.2. The van der Waals surface area contributed by atoms with Crippen LogP contribution in [0.15, 0.2) is 12.7 Å². The van der Waals surface area contributed by atoms with Gasteiger partial charge in [-0.25, -0.2) is 4.79 Å². The lowest BCUT2D eigenvalue weighted by atomic mass is 10.0. The number of esters is 1. The topological polar surface area (TPSA) is 26.3 Å². The van der Waals surface area contributed by atoms with Gasteiger partial charge in [0.15, 0.2) is 0 Å². The van der Waals surface area contributed by atoms with Crippen LogP contribution in [0.2, 0.25) is 0 Å². The van der Waals surface area contributed by atoms with Crippen molar-refractivity contribution in [1.82, 2.24) is 0 Å². The summed E-state index contributed by atoms with van der Waals surface area (Å²) in [7, 11) is 0. The Kier molecular flexibility index (Phi) is 3.86. The Morgan fingerprint density at radius 1 is 1.55 bits per heavy atom. The van der Waals surface area contributed by atoms with Crippen molar-refractivity contribution in [2.24, 2.45) is 0 Å². The predicted molar refractivity (Wildman–Crippen MR) is 45.0 cm³/mol. The molecular formula is C9H15O2. The fraction of sp³-hybridized carbons (Fsp3) is 0.556. The van der Waals surface area contributed by atoms with E-state index < -0.39 is 11.6 Å². The number of hydrogen-bond acceptors (Lipinski definition) is 2. The van der Waals surface area contributed by atoms with Crippen LogP contribution in [0.5, 0.6) is 0 Å². The number of hydrogen-bond donors (Lipinski definition) is 0. The fourth-order valence-corrected chi connectivity index (χ4v) is 0.649. The Morgan fingerprint density at radius 2 is 2.00 bits per heavy atom. The average molecular weight is 155 g/mol. The van der Waals surface area contributed by atoms with Crippen molar-refractivity contribution in [1.29, 1.82) is 0 Å². The molecule has 0 aliphatic carbocycles. The summed E-state index contributed by atoms with van der Waals surface area (Å²) in [4.78, 5) is 10.8. The molecule has 0 aromatic carbocycles. The van der Waals surface area contributed by atoms with Crippen molar-refractivity contribution in [3.8, 4) is 0 Å². The van der Waals surface area contributed by atoms with Crippen LogP contribution in [-0.2, 0) is 9.53 Å². The van der Waals surface area contributed by atoms with Gasteiger partial charge in [0.05, 0.1) is 0 Å². The van der Waals surface area contributed by atoms with Crippen LogP contribution < -0.4 is 0 Å². The molecule has 0 aromatic rings. The summed E-state index contributed by atoms with van der Waals surface area (Å²) >= 11 is 0. The zero-order valence-electron chi connectivity index (χ0n) is 7.22. The Bertz CT molecular complexity index is 146. The first-order chi connectivity index (χ1) is 5.08. The molecule has 1 radical (unpaired) electrons. The van der Waals surface area contributed by atoms with Crippen LogP contribution in [-0.4, -0.2) is 11.6 Å². The molecular weight excluding hydrogens is 140 g/mol. The SMILES string of the molecule is [CH2]C(CC)(CC)OC(=O)C=C. The van der Waals surface area contributed by atoms with E-state index in [-0.39, 0.29) is 0 Å². The highest BCUT2D eigenvalue weighted by molar-refractivity contribution is 5.81. The maximum atomic E-state index is 10.8. The lowest BCUT2D eigenvalue weighted by molar-refractivity contribution is -0.149. The monoisotopic (exact) mass is 155 g/mol. The normalized spacial score (nSPS) is 10.8. The van der Waals surface area contributed by atoms with Gasteiger partial charge in [0.1, 0.15) is 5.60 Å². The summed E-state index contributed by atoms with van der Waals surface area (Å²) in [6.07, 6.45) is 2.61. The van der Waals surface area contributed by atoms with Crippen LogP contribution in [0.4, 0.5) is 0 Å². The van der Waals surface area contributed by atoms with Crippen molar-refractivity contribution in [3.05, 3.63) is 19.6 Å². The number of carbonyl (C=O) groups excluding carboxylic acids is 1. The minimum atomic E-state index is -0.564. The summed E-state index contributed by atoms with van der Waals surface area (Å²) in [6.45, 7) is 11.0. The van der Waals surface area contributed by atoms with Gasteiger partial charge in [0, 0.05) is 6.08 Å². The second kappa shape index (κ2) is 4.16. The molecule has 2 nitrogen and oxygen atoms in total. The van der Waals surface area contributed by atoms with Crippen molar-refractivity contribution >= 4 is 5.97 Å². The lowest BCUT2D eigenvalue weighted by Crippen LogP contribution is -2.29. The van der Waals surface area contributed by atoms with E-state index >= 15 is 0 Å². The van der Waals surface area contributed by atoms with E-state index in [0.717, 1.165) is 18.9 Å². The summed E-state index contributed by atoms with van der Waals surface area (Å²) in [6, 6.07) is 0. The van der Waals surface area contributed by atoms with Crippen LogP contribution in [0.3, 0.4) is 0 Å². The van der Waals surface area contributed by atoms with E-state index in [9.17, 15) is 4.79 Å². The van der Waals surface area contributed by atoms with Crippen molar-refractivity contribution in [2.45, 2.75) is 32.3 Å². The van der Waals surface area contributed by atoms with E-state index in [1.807, 2.05) is 13.8 Å². The van der Waals surface area contributed by atoms with Crippen molar-refractivity contribution < 1.29 is 9.53 Å². The first-order valence-corrected chi connectivity index (χ1v) is 3.78. The molecule has 63 valence electrons. The van der Waals surface area contributed by atoms with Gasteiger partial charge in [-0.15, -0.1) is 0 Å². The van der Waals surface area contributed by atoms with Gasteiger partial charge in [-0.2, -0.15) is 0 Å². The predicted octanol–water partition coefficient (Wildman–Crippen LogP) is 2.11. The number of ether oxygens (including phenoxy) is 1. The summed E-state index contributed by atoms with van der Waals surface area (Å²) in [5.74, 6) is -0.399. The lowest BCUT2D eigenvalue weighted by Gasteiger charge is -2.25. The van der Waals surface area contributed by atoms with Crippen molar-refractivity contribution in [3.63, 3.8) is 0 Å². The molecule has 0 atom stereocenters. The standard InChI is InChI=1S/C9H15O2/c1-5-8(10)11-9(4,6-2)7-3/h5H,1,4,6-7H2,2-3H3. The molecule has 2 heteroatoms. The highest BCUT2D eigenvalue weighted by Gasteiger charge is 2.22. The second-order valence-electron chi connectivity index (χ2n) is 2.52. The molecule has 0 aromatic heterocycles. The molecule has 0 rings (SSSR count). The Hall–Kier alpha value is -0.790. The third kappa shape index (κ3) is 3.21. The number of carbonyl (C=O) groups is 1. The molecule has 0 amide bonds. The minimum Gasteiger partial charge on any atom is -0.456 e. The smallest absolute Gasteiger partial charge is 0.330 e. The maximum absolute atomic E-state index is 10.8. The molecule has 0 heterocycles. The zero-order valence-corrected chi connectivity index (χ0v) is 7.22.